The lowest BCUT2D eigenvalue weighted by molar-refractivity contribution is 1.16. The van der Waals surface area contributed by atoms with Crippen LogP contribution in [0.25, 0.3) is 43.4 Å². The van der Waals surface area contributed by atoms with Crippen molar-refractivity contribution in [3.8, 4) is 24.3 Å². The van der Waals surface area contributed by atoms with Gasteiger partial charge in [0.1, 0.15) is 24.3 Å². The van der Waals surface area contributed by atoms with Crippen molar-refractivity contribution in [2.45, 2.75) is 6.92 Å². The molecule has 0 saturated carbocycles. The lowest BCUT2D eigenvalue weighted by Crippen LogP contribution is -2.00. The van der Waals surface area contributed by atoms with Crippen LogP contribution in [0.2, 0.25) is 0 Å². The average molecular weight is 394 g/mol. The third kappa shape index (κ3) is 2.41. The van der Waals surface area contributed by atoms with Crippen molar-refractivity contribution in [3.63, 3.8) is 0 Å². The van der Waals surface area contributed by atoms with E-state index in [1.807, 2.05) is 48.5 Å². The smallest absolute Gasteiger partial charge is 0.162 e. The van der Waals surface area contributed by atoms with E-state index in [9.17, 15) is 21.0 Å². The van der Waals surface area contributed by atoms with Gasteiger partial charge in [0.05, 0.1) is 33.4 Å². The average Bonchev–Trinajstić information content (AvgIpc) is 2.81. The molecule has 0 unspecified atom stereocenters. The van der Waals surface area contributed by atoms with E-state index in [0.29, 0.717) is 27.5 Å². The maximum absolute atomic E-state index is 9.96. The fraction of sp³-hybridized carbons (Fsp3) is 0.0400. The summed E-state index contributed by atoms with van der Waals surface area (Å²) in [5.74, 6) is 0. The first-order chi connectivity index (χ1) is 15.1. The van der Waals surface area contributed by atoms with Crippen molar-refractivity contribution in [2.24, 2.45) is 0 Å². The van der Waals surface area contributed by atoms with Gasteiger partial charge in [0.2, 0.25) is 0 Å². The highest BCUT2D eigenvalue weighted by atomic mass is 14.8. The molecular formula is C25H10N6. The molecule has 4 aromatic carbocycles. The standard InChI is InChI=1S/C25H10N6/c1-13-22(12-29)31-25-19-8-16(9-26)20(10-27)21(11-28)23(19)17-6-14-4-2-3-5-15(14)7-18(17)24(25)30-13/h2-8H,1H3. The molecule has 6 nitrogen and oxygen atoms in total. The Morgan fingerprint density at radius 3 is 1.94 bits per heavy atom. The number of rotatable bonds is 0. The van der Waals surface area contributed by atoms with E-state index in [4.69, 9.17) is 0 Å². The van der Waals surface area contributed by atoms with Crippen LogP contribution in [-0.2, 0) is 0 Å². The fourth-order valence-corrected chi connectivity index (χ4v) is 4.11. The molecule has 0 aliphatic rings. The van der Waals surface area contributed by atoms with Gasteiger partial charge >= 0.3 is 0 Å². The number of aryl methyl sites for hydroxylation is 1. The molecule has 0 amide bonds. The number of nitrogens with zero attached hydrogens (tertiary/aromatic N) is 6. The lowest BCUT2D eigenvalue weighted by atomic mass is 9.89. The van der Waals surface area contributed by atoms with Crippen LogP contribution in [-0.4, -0.2) is 9.97 Å². The highest BCUT2D eigenvalue weighted by molar-refractivity contribution is 6.27. The molecular weight excluding hydrogens is 384 g/mol. The molecule has 0 spiro atoms. The summed E-state index contributed by atoms with van der Waals surface area (Å²) >= 11 is 0. The maximum atomic E-state index is 9.96. The van der Waals surface area contributed by atoms with Crippen molar-refractivity contribution < 1.29 is 0 Å². The molecule has 1 heterocycles. The minimum Gasteiger partial charge on any atom is -0.248 e. The highest BCUT2D eigenvalue weighted by Crippen LogP contribution is 2.39. The first-order valence-electron chi connectivity index (χ1n) is 9.35. The zero-order valence-electron chi connectivity index (χ0n) is 16.2. The lowest BCUT2D eigenvalue weighted by Gasteiger charge is -2.14. The highest BCUT2D eigenvalue weighted by Gasteiger charge is 2.21. The molecule has 5 aromatic rings. The SMILES string of the molecule is Cc1nc2c3cc4ccccc4cc3c3c(C#N)c(C#N)c(C#N)cc3c2nc1C#N. The van der Waals surface area contributed by atoms with E-state index in [2.05, 4.69) is 22.1 Å². The second-order valence-corrected chi connectivity index (χ2v) is 7.14. The minimum absolute atomic E-state index is 0.0342. The number of nitriles is 4. The fourth-order valence-electron chi connectivity index (χ4n) is 4.11. The van der Waals surface area contributed by atoms with E-state index < -0.39 is 0 Å². The van der Waals surface area contributed by atoms with Crippen molar-refractivity contribution in [1.29, 1.82) is 21.0 Å². The molecule has 0 N–H and O–H groups in total. The second-order valence-electron chi connectivity index (χ2n) is 7.14. The van der Waals surface area contributed by atoms with Crippen LogP contribution in [0.4, 0.5) is 0 Å². The van der Waals surface area contributed by atoms with Crippen molar-refractivity contribution >= 4 is 43.4 Å². The van der Waals surface area contributed by atoms with Gasteiger partial charge in [-0.15, -0.1) is 0 Å². The summed E-state index contributed by atoms with van der Waals surface area (Å²) in [4.78, 5) is 9.20. The number of hydrogen-bond acceptors (Lipinski definition) is 6. The normalized spacial score (nSPS) is 10.6. The zero-order valence-corrected chi connectivity index (χ0v) is 16.2. The van der Waals surface area contributed by atoms with Gasteiger partial charge in [-0.1, -0.05) is 24.3 Å². The Labute approximate surface area is 176 Å². The predicted molar refractivity (Wildman–Crippen MR) is 116 cm³/mol. The van der Waals surface area contributed by atoms with E-state index in [-0.39, 0.29) is 22.4 Å². The van der Waals surface area contributed by atoms with E-state index in [1.54, 1.807) is 13.0 Å². The Hall–Kier alpha value is -5.04. The largest absolute Gasteiger partial charge is 0.248 e. The molecule has 5 rings (SSSR count). The summed E-state index contributed by atoms with van der Waals surface area (Å²) in [7, 11) is 0. The van der Waals surface area contributed by atoms with Gasteiger partial charge in [-0.2, -0.15) is 21.0 Å². The van der Waals surface area contributed by atoms with E-state index in [0.717, 1.165) is 21.5 Å². The molecule has 0 saturated heterocycles. The van der Waals surface area contributed by atoms with Crippen LogP contribution in [0.15, 0.2) is 42.5 Å². The summed E-state index contributed by atoms with van der Waals surface area (Å²) in [6, 6.07) is 21.5. The van der Waals surface area contributed by atoms with E-state index in [1.165, 1.54) is 0 Å². The maximum Gasteiger partial charge on any atom is 0.162 e. The minimum atomic E-state index is 0.0342. The zero-order chi connectivity index (χ0) is 21.7. The van der Waals surface area contributed by atoms with Crippen molar-refractivity contribution in [2.75, 3.05) is 0 Å². The Morgan fingerprint density at radius 1 is 0.677 bits per heavy atom. The third-order valence-electron chi connectivity index (χ3n) is 5.51. The molecule has 0 bridgehead atoms. The molecule has 0 aliphatic heterocycles. The first kappa shape index (κ1) is 18.0. The Morgan fingerprint density at radius 2 is 1.32 bits per heavy atom. The van der Waals surface area contributed by atoms with Gasteiger partial charge in [-0.25, -0.2) is 9.97 Å². The summed E-state index contributed by atoms with van der Waals surface area (Å²) in [6.45, 7) is 1.72. The summed E-state index contributed by atoms with van der Waals surface area (Å²) in [5.41, 5.74) is 1.94. The molecule has 0 radical (unpaired) electrons. The summed E-state index contributed by atoms with van der Waals surface area (Å²) in [5, 5.41) is 43.3. The number of benzene rings is 4. The van der Waals surface area contributed by atoms with Gasteiger partial charge in [0.25, 0.3) is 0 Å². The summed E-state index contributed by atoms with van der Waals surface area (Å²) in [6.07, 6.45) is 0. The number of hydrogen-bond donors (Lipinski definition) is 0. The van der Waals surface area contributed by atoms with Crippen molar-refractivity contribution in [3.05, 3.63) is 70.5 Å². The third-order valence-corrected chi connectivity index (χ3v) is 5.51. The monoisotopic (exact) mass is 394 g/mol. The Balaban J connectivity index is 2.22. The van der Waals surface area contributed by atoms with Gasteiger partial charge in [0, 0.05) is 16.2 Å². The van der Waals surface area contributed by atoms with Crippen LogP contribution < -0.4 is 0 Å². The second kappa shape index (κ2) is 6.50. The molecule has 140 valence electrons. The quantitative estimate of drug-likeness (QED) is 0.272. The molecule has 0 atom stereocenters. The van der Waals surface area contributed by atoms with Gasteiger partial charge < -0.3 is 0 Å². The first-order valence-corrected chi connectivity index (χ1v) is 9.35. The molecule has 0 fully saturated rings. The van der Waals surface area contributed by atoms with Crippen LogP contribution >= 0.6 is 0 Å². The van der Waals surface area contributed by atoms with Gasteiger partial charge in [0.15, 0.2) is 5.69 Å². The molecule has 1 aromatic heterocycles. The number of fused-ring (bicyclic) bond motifs is 7. The van der Waals surface area contributed by atoms with Crippen LogP contribution in [0, 0.1) is 52.2 Å². The van der Waals surface area contributed by atoms with Gasteiger partial charge in [-0.3, -0.25) is 0 Å². The Kier molecular flexibility index (Phi) is 3.78. The summed E-state index contributed by atoms with van der Waals surface area (Å²) < 4.78 is 0. The molecule has 31 heavy (non-hydrogen) atoms. The van der Waals surface area contributed by atoms with Crippen LogP contribution in [0.1, 0.15) is 28.1 Å². The molecule has 0 aliphatic carbocycles. The van der Waals surface area contributed by atoms with Crippen molar-refractivity contribution in [1.82, 2.24) is 9.97 Å². The molecule has 6 heteroatoms. The van der Waals surface area contributed by atoms with Crippen LogP contribution in [0.3, 0.4) is 0 Å². The topological polar surface area (TPSA) is 121 Å². The van der Waals surface area contributed by atoms with Crippen LogP contribution in [0.5, 0.6) is 0 Å². The van der Waals surface area contributed by atoms with Gasteiger partial charge in [-0.05, 0) is 41.3 Å². The Bertz CT molecular complexity index is 1790. The number of aromatic nitrogens is 2. The predicted octanol–water partition coefficient (Wildman–Crippen LogP) is 4.88. The van der Waals surface area contributed by atoms with E-state index >= 15 is 0 Å².